The minimum Gasteiger partial charge on any atom is -0.481 e. The van der Waals surface area contributed by atoms with Crippen LogP contribution in [0.4, 0.5) is 15.8 Å². The molecule has 2 unspecified atom stereocenters. The summed E-state index contributed by atoms with van der Waals surface area (Å²) in [5.74, 6) is 0.188. The molecule has 13 heteroatoms. The topological polar surface area (TPSA) is 129 Å². The van der Waals surface area contributed by atoms with Gasteiger partial charge in [-0.3, -0.25) is 14.6 Å². The average Bonchev–Trinajstić information content (AvgIpc) is 3.70. The second-order valence-electron chi connectivity index (χ2n) is 11.8. The first-order valence-corrected chi connectivity index (χ1v) is 16.6. The molecule has 48 heavy (non-hydrogen) atoms. The molecule has 0 bridgehead atoms. The first-order valence-electron chi connectivity index (χ1n) is 15.8. The Balaban J connectivity index is 1.17. The van der Waals surface area contributed by atoms with E-state index in [2.05, 4.69) is 31.6 Å². The fourth-order valence-corrected chi connectivity index (χ4v) is 6.53. The zero-order chi connectivity index (χ0) is 33.6. The van der Waals surface area contributed by atoms with Crippen LogP contribution >= 0.6 is 23.2 Å². The molecule has 2 aliphatic heterocycles. The minimum atomic E-state index is -0.404. The van der Waals surface area contributed by atoms with E-state index in [1.54, 1.807) is 37.6 Å². The van der Waals surface area contributed by atoms with Gasteiger partial charge in [-0.25, -0.2) is 9.37 Å². The number of rotatable bonds is 13. The molecule has 250 valence electrons. The third-order valence-corrected chi connectivity index (χ3v) is 9.27. The summed E-state index contributed by atoms with van der Waals surface area (Å²) in [6.07, 6.45) is 4.25. The Labute approximate surface area is 288 Å². The number of amides is 2. The van der Waals surface area contributed by atoms with Crippen molar-refractivity contribution in [2.24, 2.45) is 0 Å². The van der Waals surface area contributed by atoms with E-state index in [1.165, 1.54) is 0 Å². The second-order valence-corrected chi connectivity index (χ2v) is 12.6. The van der Waals surface area contributed by atoms with Crippen molar-refractivity contribution in [3.63, 3.8) is 0 Å². The molecule has 0 spiro atoms. The van der Waals surface area contributed by atoms with Crippen molar-refractivity contribution < 1.29 is 18.7 Å². The molecule has 2 aliphatic rings. The van der Waals surface area contributed by atoms with Crippen LogP contribution in [0.5, 0.6) is 5.88 Å². The van der Waals surface area contributed by atoms with E-state index < -0.39 is 5.82 Å². The van der Waals surface area contributed by atoms with Gasteiger partial charge in [0.05, 0.1) is 39.9 Å². The van der Waals surface area contributed by atoms with Gasteiger partial charge in [-0.05, 0) is 31.0 Å². The number of hydrogen-bond donors (Lipinski definition) is 5. The summed E-state index contributed by atoms with van der Waals surface area (Å²) < 4.78 is 21.1. The molecular formula is C35H36Cl2FN7O3. The first kappa shape index (κ1) is 33.6. The average molecular weight is 693 g/mol. The number of anilines is 2. The number of pyridine rings is 2. The number of ether oxygens (including phenoxy) is 1. The number of aromatic nitrogens is 2. The number of benzene rings is 2. The number of nitrogens with one attached hydrogen (secondary N) is 5. The van der Waals surface area contributed by atoms with Gasteiger partial charge < -0.3 is 31.3 Å². The molecule has 6 rings (SSSR count). The largest absolute Gasteiger partial charge is 0.481 e. The Hall–Kier alpha value is -4.29. The SMILES string of the molecule is COc1nc(-c2cccc(-c3nccc(Nc4cccc(CNCC5CCC(=O)N5)c4F)c3Cl)c2Cl)ccc1CNCC1CCC(=O)N1. The molecule has 2 fully saturated rings. The fourth-order valence-electron chi connectivity index (χ4n) is 5.95. The Morgan fingerprint density at radius 2 is 1.50 bits per heavy atom. The van der Waals surface area contributed by atoms with Gasteiger partial charge in [-0.2, -0.15) is 0 Å². The molecule has 4 aromatic rings. The predicted octanol–water partition coefficient (Wildman–Crippen LogP) is 5.75. The van der Waals surface area contributed by atoms with Crippen molar-refractivity contribution in [2.75, 3.05) is 25.5 Å². The maximum Gasteiger partial charge on any atom is 0.220 e. The molecule has 2 atom stereocenters. The Kier molecular flexibility index (Phi) is 10.7. The van der Waals surface area contributed by atoms with Crippen molar-refractivity contribution in [3.8, 4) is 28.4 Å². The third kappa shape index (κ3) is 7.71. The first-order chi connectivity index (χ1) is 23.3. The molecular weight excluding hydrogens is 656 g/mol. The van der Waals surface area contributed by atoms with Gasteiger partial charge in [0.25, 0.3) is 0 Å². The second kappa shape index (κ2) is 15.3. The molecule has 2 aromatic heterocycles. The number of carbonyl (C=O) groups is 2. The summed E-state index contributed by atoms with van der Waals surface area (Å²) in [7, 11) is 1.57. The standard InChI is InChI=1S/C35H36Cl2FN7O3/c1-48-35-21(17-40-19-23-10-13-30(47)43-23)8-11-26(45-35)24-5-3-6-25(31(24)36)34-32(37)27(14-15-41-34)44-28-7-2-4-20(33(28)38)16-39-18-22-9-12-29(46)42-22/h2-8,11,14-15,22-23,39-40H,9-10,12-13,16-19H2,1H3,(H,41,44)(H,42,46)(H,43,47). The molecule has 0 aliphatic carbocycles. The van der Waals surface area contributed by atoms with Gasteiger partial charge >= 0.3 is 0 Å². The highest BCUT2D eigenvalue weighted by Gasteiger charge is 2.22. The summed E-state index contributed by atoms with van der Waals surface area (Å²) in [4.78, 5) is 32.2. The summed E-state index contributed by atoms with van der Waals surface area (Å²) in [5, 5.41) is 16.3. The van der Waals surface area contributed by atoms with E-state index in [-0.39, 0.29) is 34.6 Å². The van der Waals surface area contributed by atoms with Crippen LogP contribution in [-0.4, -0.2) is 54.1 Å². The van der Waals surface area contributed by atoms with E-state index in [9.17, 15) is 9.59 Å². The number of nitrogens with zero attached hydrogens (tertiary/aromatic N) is 2. The van der Waals surface area contributed by atoms with Crippen LogP contribution in [-0.2, 0) is 22.7 Å². The van der Waals surface area contributed by atoms with E-state index in [0.717, 1.165) is 18.4 Å². The number of hydrogen-bond acceptors (Lipinski definition) is 8. The minimum absolute atomic E-state index is 0.0457. The highest BCUT2D eigenvalue weighted by Crippen LogP contribution is 2.41. The molecule has 2 amide bonds. The molecule has 5 N–H and O–H groups in total. The molecule has 10 nitrogen and oxygen atoms in total. The van der Waals surface area contributed by atoms with Crippen LogP contribution in [0.15, 0.2) is 60.8 Å². The van der Waals surface area contributed by atoms with E-state index in [1.807, 2.05) is 30.3 Å². The zero-order valence-corrected chi connectivity index (χ0v) is 27.8. The van der Waals surface area contributed by atoms with Crippen molar-refractivity contribution >= 4 is 46.4 Å². The zero-order valence-electron chi connectivity index (χ0n) is 26.3. The van der Waals surface area contributed by atoms with E-state index in [0.29, 0.717) is 83.7 Å². The Morgan fingerprint density at radius 1 is 0.833 bits per heavy atom. The quantitative estimate of drug-likeness (QED) is 0.120. The molecule has 0 saturated carbocycles. The Morgan fingerprint density at radius 3 is 2.17 bits per heavy atom. The van der Waals surface area contributed by atoms with Crippen LogP contribution in [0.1, 0.15) is 36.8 Å². The summed E-state index contributed by atoms with van der Waals surface area (Å²) in [6, 6.07) is 16.3. The van der Waals surface area contributed by atoms with Gasteiger partial charge in [0.15, 0.2) is 5.82 Å². The number of methoxy groups -OCH3 is 1. The van der Waals surface area contributed by atoms with E-state index >= 15 is 4.39 Å². The number of halogens is 3. The lowest BCUT2D eigenvalue weighted by Gasteiger charge is -2.16. The highest BCUT2D eigenvalue weighted by molar-refractivity contribution is 6.39. The van der Waals surface area contributed by atoms with E-state index in [4.69, 9.17) is 32.9 Å². The van der Waals surface area contributed by atoms with Crippen molar-refractivity contribution in [2.45, 2.75) is 50.9 Å². The molecule has 2 aromatic carbocycles. The van der Waals surface area contributed by atoms with Crippen LogP contribution in [0, 0.1) is 5.82 Å². The molecule has 0 radical (unpaired) electrons. The van der Waals surface area contributed by atoms with Crippen LogP contribution in [0.2, 0.25) is 10.0 Å². The highest BCUT2D eigenvalue weighted by atomic mass is 35.5. The van der Waals surface area contributed by atoms with Gasteiger partial charge in [-0.1, -0.05) is 59.6 Å². The van der Waals surface area contributed by atoms with Gasteiger partial charge in [0.2, 0.25) is 17.7 Å². The summed E-state index contributed by atoms with van der Waals surface area (Å²) in [5.41, 5.74) is 4.38. The van der Waals surface area contributed by atoms with Crippen molar-refractivity contribution in [3.05, 3.63) is 87.8 Å². The maximum absolute atomic E-state index is 15.5. The van der Waals surface area contributed by atoms with Gasteiger partial charge in [0, 0.05) is 79.6 Å². The van der Waals surface area contributed by atoms with Crippen molar-refractivity contribution in [1.29, 1.82) is 0 Å². The monoisotopic (exact) mass is 691 g/mol. The number of carbonyl (C=O) groups excluding carboxylic acids is 2. The van der Waals surface area contributed by atoms with Crippen LogP contribution in [0.3, 0.4) is 0 Å². The van der Waals surface area contributed by atoms with Crippen LogP contribution < -0.4 is 31.3 Å². The lowest BCUT2D eigenvalue weighted by Crippen LogP contribution is -2.35. The lowest BCUT2D eigenvalue weighted by atomic mass is 10.0. The predicted molar refractivity (Wildman–Crippen MR) is 185 cm³/mol. The maximum atomic E-state index is 15.5. The third-order valence-electron chi connectivity index (χ3n) is 8.48. The molecule has 4 heterocycles. The molecule has 2 saturated heterocycles. The van der Waals surface area contributed by atoms with Gasteiger partial charge in [-0.15, -0.1) is 0 Å². The Bertz CT molecular complexity index is 1830. The summed E-state index contributed by atoms with van der Waals surface area (Å²) >= 11 is 13.9. The smallest absolute Gasteiger partial charge is 0.220 e. The van der Waals surface area contributed by atoms with Crippen LogP contribution in [0.25, 0.3) is 22.5 Å². The normalized spacial score (nSPS) is 17.3. The van der Waals surface area contributed by atoms with Gasteiger partial charge in [0.1, 0.15) is 0 Å². The fraction of sp³-hybridized carbons (Fsp3) is 0.314. The van der Waals surface area contributed by atoms with Crippen molar-refractivity contribution in [1.82, 2.24) is 31.2 Å². The summed E-state index contributed by atoms with van der Waals surface area (Å²) in [6.45, 7) is 2.05. The lowest BCUT2D eigenvalue weighted by molar-refractivity contribution is -0.120.